The number of rotatable bonds is 5. The molecular weight excluding hydrogens is 382 g/mol. The minimum atomic E-state index is -0.454. The van der Waals surface area contributed by atoms with Gasteiger partial charge in [0.2, 0.25) is 11.8 Å². The molecule has 0 radical (unpaired) electrons. The summed E-state index contributed by atoms with van der Waals surface area (Å²) in [5, 5.41) is 5.19. The lowest BCUT2D eigenvalue weighted by molar-refractivity contribution is -0.128. The fraction of sp³-hybridized carbons (Fsp3) is 0.174. The van der Waals surface area contributed by atoms with Crippen LogP contribution in [0.1, 0.15) is 12.0 Å². The second-order valence-electron chi connectivity index (χ2n) is 6.86. The van der Waals surface area contributed by atoms with E-state index in [1.165, 1.54) is 11.8 Å². The van der Waals surface area contributed by atoms with E-state index in [1.54, 1.807) is 11.9 Å². The smallest absolute Gasteiger partial charge is 0.242 e. The summed E-state index contributed by atoms with van der Waals surface area (Å²) in [7, 11) is 1.71. The normalized spacial score (nSPS) is 17.8. The second kappa shape index (κ2) is 8.49. The molecule has 146 valence electrons. The monoisotopic (exact) mass is 403 g/mol. The summed E-state index contributed by atoms with van der Waals surface area (Å²) in [6, 6.07) is 23.7. The highest BCUT2D eigenvalue weighted by molar-refractivity contribution is 8.15. The van der Waals surface area contributed by atoms with Crippen LogP contribution in [0.3, 0.4) is 0 Å². The minimum absolute atomic E-state index is 0.0937. The van der Waals surface area contributed by atoms with Crippen molar-refractivity contribution in [3.8, 4) is 0 Å². The Hall–Kier alpha value is -3.12. The average molecular weight is 404 g/mol. The molecule has 3 aromatic carbocycles. The number of amides is 2. The molecule has 0 bridgehead atoms. The molecule has 4 rings (SSSR count). The van der Waals surface area contributed by atoms with Gasteiger partial charge in [-0.25, -0.2) is 4.99 Å². The number of nitrogens with zero attached hydrogens (tertiary/aromatic N) is 2. The van der Waals surface area contributed by atoms with Crippen LogP contribution in [0.4, 0.5) is 5.69 Å². The van der Waals surface area contributed by atoms with Crippen molar-refractivity contribution >= 4 is 45.2 Å². The topological polar surface area (TPSA) is 61.8 Å². The van der Waals surface area contributed by atoms with Gasteiger partial charge in [-0.3, -0.25) is 14.5 Å². The molecule has 3 aromatic rings. The molecule has 1 heterocycles. The molecule has 2 amide bonds. The Kier molecular flexibility index (Phi) is 5.62. The van der Waals surface area contributed by atoms with Crippen molar-refractivity contribution in [1.29, 1.82) is 0 Å². The molecule has 1 aliphatic rings. The van der Waals surface area contributed by atoms with E-state index in [1.807, 2.05) is 72.8 Å². The third kappa shape index (κ3) is 4.32. The molecular formula is C23H21N3O2S. The molecule has 0 saturated carbocycles. The van der Waals surface area contributed by atoms with Crippen LogP contribution < -0.4 is 5.32 Å². The summed E-state index contributed by atoms with van der Waals surface area (Å²) in [4.78, 5) is 31.2. The molecule has 1 N–H and O–H groups in total. The minimum Gasteiger partial charge on any atom is -0.352 e. The first-order valence-corrected chi connectivity index (χ1v) is 10.3. The standard InChI is InChI=1S/C23H21N3O2S/c1-26-22(28)20(14-21(27)24-15-16-8-3-2-4-9-16)29-23(26)25-19-13-7-11-17-10-5-6-12-18(17)19/h2-13,20H,14-15H2,1H3,(H,24,27). The van der Waals surface area contributed by atoms with Gasteiger partial charge in [-0.2, -0.15) is 0 Å². The summed E-state index contributed by atoms with van der Waals surface area (Å²) in [5.74, 6) is -0.233. The van der Waals surface area contributed by atoms with Crippen LogP contribution >= 0.6 is 11.8 Å². The predicted molar refractivity (Wildman–Crippen MR) is 118 cm³/mol. The molecule has 1 saturated heterocycles. The SMILES string of the molecule is CN1C(=O)C(CC(=O)NCc2ccccc2)SC1=Nc1cccc2ccccc12. The molecule has 6 heteroatoms. The summed E-state index contributed by atoms with van der Waals surface area (Å²) in [6.07, 6.45) is 0.134. The molecule has 0 spiro atoms. The van der Waals surface area contributed by atoms with Gasteiger partial charge in [0.05, 0.1) is 5.69 Å². The van der Waals surface area contributed by atoms with Crippen molar-refractivity contribution in [2.45, 2.75) is 18.2 Å². The Balaban J connectivity index is 1.45. The largest absolute Gasteiger partial charge is 0.352 e. The van der Waals surface area contributed by atoms with Crippen molar-refractivity contribution in [2.24, 2.45) is 4.99 Å². The van der Waals surface area contributed by atoms with Crippen LogP contribution in [-0.4, -0.2) is 34.2 Å². The number of hydrogen-bond donors (Lipinski definition) is 1. The number of carbonyl (C=O) groups is 2. The van der Waals surface area contributed by atoms with E-state index in [2.05, 4.69) is 5.32 Å². The highest BCUT2D eigenvalue weighted by Crippen LogP contribution is 2.33. The fourth-order valence-corrected chi connectivity index (χ4v) is 4.39. The van der Waals surface area contributed by atoms with Crippen LogP contribution in [0.15, 0.2) is 77.8 Å². The first-order valence-electron chi connectivity index (χ1n) is 9.43. The van der Waals surface area contributed by atoms with Crippen LogP contribution in [-0.2, 0) is 16.1 Å². The highest BCUT2D eigenvalue weighted by Gasteiger charge is 2.37. The molecule has 1 fully saturated rings. The summed E-state index contributed by atoms with van der Waals surface area (Å²) < 4.78 is 0. The lowest BCUT2D eigenvalue weighted by Crippen LogP contribution is -2.32. The molecule has 1 unspecified atom stereocenters. The van der Waals surface area contributed by atoms with Gasteiger partial charge >= 0.3 is 0 Å². The zero-order chi connectivity index (χ0) is 20.2. The van der Waals surface area contributed by atoms with Crippen molar-refractivity contribution in [1.82, 2.24) is 10.2 Å². The van der Waals surface area contributed by atoms with Gasteiger partial charge in [-0.05, 0) is 17.0 Å². The predicted octanol–water partition coefficient (Wildman–Crippen LogP) is 4.11. The van der Waals surface area contributed by atoms with E-state index in [4.69, 9.17) is 4.99 Å². The number of nitrogens with one attached hydrogen (secondary N) is 1. The van der Waals surface area contributed by atoms with E-state index < -0.39 is 5.25 Å². The van der Waals surface area contributed by atoms with Gasteiger partial charge in [-0.15, -0.1) is 0 Å². The number of fused-ring (bicyclic) bond motifs is 1. The van der Waals surface area contributed by atoms with Crippen LogP contribution in [0.5, 0.6) is 0 Å². The maximum atomic E-state index is 12.6. The summed E-state index contributed by atoms with van der Waals surface area (Å²) in [6.45, 7) is 0.456. The summed E-state index contributed by atoms with van der Waals surface area (Å²) in [5.41, 5.74) is 1.85. The zero-order valence-corrected chi connectivity index (χ0v) is 16.9. The number of benzene rings is 3. The third-order valence-electron chi connectivity index (χ3n) is 4.83. The summed E-state index contributed by atoms with van der Waals surface area (Å²) >= 11 is 1.35. The van der Waals surface area contributed by atoms with Gasteiger partial charge in [-0.1, -0.05) is 78.5 Å². The first-order chi connectivity index (χ1) is 14.1. The molecule has 0 aliphatic carbocycles. The number of carbonyl (C=O) groups excluding carboxylic acids is 2. The number of aliphatic imine (C=N–C) groups is 1. The lowest BCUT2D eigenvalue weighted by Gasteiger charge is -2.10. The number of hydrogen-bond acceptors (Lipinski definition) is 4. The number of thioether (sulfide) groups is 1. The van der Waals surface area contributed by atoms with Gasteiger partial charge in [0.15, 0.2) is 5.17 Å². The molecule has 5 nitrogen and oxygen atoms in total. The molecule has 1 aliphatic heterocycles. The maximum absolute atomic E-state index is 12.6. The van der Waals surface area contributed by atoms with E-state index in [-0.39, 0.29) is 18.2 Å². The van der Waals surface area contributed by atoms with E-state index in [0.29, 0.717) is 11.7 Å². The van der Waals surface area contributed by atoms with Crippen molar-refractivity contribution in [2.75, 3.05) is 7.05 Å². The third-order valence-corrected chi connectivity index (χ3v) is 6.06. The maximum Gasteiger partial charge on any atom is 0.242 e. The fourth-order valence-electron chi connectivity index (χ4n) is 3.24. The van der Waals surface area contributed by atoms with Gasteiger partial charge < -0.3 is 5.32 Å². The second-order valence-corrected chi connectivity index (χ2v) is 8.03. The van der Waals surface area contributed by atoms with Crippen molar-refractivity contribution in [3.63, 3.8) is 0 Å². The van der Waals surface area contributed by atoms with Gasteiger partial charge in [0.1, 0.15) is 5.25 Å². The molecule has 29 heavy (non-hydrogen) atoms. The Morgan fingerprint density at radius 1 is 1.03 bits per heavy atom. The Morgan fingerprint density at radius 2 is 1.76 bits per heavy atom. The van der Waals surface area contributed by atoms with Crippen LogP contribution in [0.25, 0.3) is 10.8 Å². The van der Waals surface area contributed by atoms with Crippen molar-refractivity contribution in [3.05, 3.63) is 78.4 Å². The van der Waals surface area contributed by atoms with Crippen molar-refractivity contribution < 1.29 is 9.59 Å². The Morgan fingerprint density at radius 3 is 2.59 bits per heavy atom. The Labute approximate surface area is 173 Å². The first kappa shape index (κ1) is 19.2. The average Bonchev–Trinajstić information content (AvgIpc) is 3.01. The quantitative estimate of drug-likeness (QED) is 0.697. The van der Waals surface area contributed by atoms with E-state index in [9.17, 15) is 9.59 Å². The van der Waals surface area contributed by atoms with Gasteiger partial charge in [0.25, 0.3) is 0 Å². The number of amidine groups is 1. The molecule has 1 atom stereocenters. The van der Waals surface area contributed by atoms with Gasteiger partial charge in [0, 0.05) is 25.4 Å². The highest BCUT2D eigenvalue weighted by atomic mass is 32.2. The van der Waals surface area contributed by atoms with Crippen LogP contribution in [0, 0.1) is 0 Å². The van der Waals surface area contributed by atoms with E-state index >= 15 is 0 Å². The van der Waals surface area contributed by atoms with Crippen LogP contribution in [0.2, 0.25) is 0 Å². The Bertz CT molecular complexity index is 1080. The lowest BCUT2D eigenvalue weighted by atomic mass is 10.1. The van der Waals surface area contributed by atoms with E-state index in [0.717, 1.165) is 22.0 Å². The zero-order valence-electron chi connectivity index (χ0n) is 16.0. The molecule has 0 aromatic heterocycles.